The van der Waals surface area contributed by atoms with Gasteiger partial charge in [-0.05, 0) is 85.9 Å². The largest absolute Gasteiger partial charge is 0.490 e. The Morgan fingerprint density at radius 2 is 1.64 bits per heavy atom. The van der Waals surface area contributed by atoms with Crippen molar-refractivity contribution in [3.63, 3.8) is 0 Å². The molecule has 0 unspecified atom stereocenters. The first-order valence-corrected chi connectivity index (χ1v) is 16.6. The number of carbonyl (C=O) groups excluding carboxylic acids is 1. The quantitative estimate of drug-likeness (QED) is 0.171. The van der Waals surface area contributed by atoms with Gasteiger partial charge >= 0.3 is 5.97 Å². The highest BCUT2D eigenvalue weighted by Gasteiger charge is 2.48. The molecule has 1 N–H and O–H groups in total. The summed E-state index contributed by atoms with van der Waals surface area (Å²) in [4.78, 5) is 31.7. The number of piperazine rings is 1. The first-order chi connectivity index (χ1) is 21.8. The van der Waals surface area contributed by atoms with Gasteiger partial charge in [0.2, 0.25) is 5.91 Å². The van der Waals surface area contributed by atoms with Gasteiger partial charge in [0.1, 0.15) is 5.75 Å². The van der Waals surface area contributed by atoms with Crippen LogP contribution >= 0.6 is 48.0 Å². The second-order valence-electron chi connectivity index (χ2n) is 12.3. The van der Waals surface area contributed by atoms with Crippen LogP contribution in [0.15, 0.2) is 54.9 Å². The predicted octanol–water partition coefficient (Wildman–Crippen LogP) is 7.59. The molecule has 1 aliphatic heterocycles. The van der Waals surface area contributed by atoms with Crippen LogP contribution in [0.1, 0.15) is 61.6 Å². The maximum Gasteiger partial charge on any atom is 0.317 e. The SMILES string of the molecule is Cl.Cl.O=C(O)CN1CCN(C(=O)CCCCc2cc(Cl)c(COC3(c4cnccc4-c4ccccc4OC4CC4)CC3)cc2Cl)CC1. The number of aliphatic carboxylic acids is 1. The number of ether oxygens (including phenoxy) is 2. The Morgan fingerprint density at radius 3 is 2.34 bits per heavy atom. The number of carboxylic acids is 1. The lowest BCUT2D eigenvalue weighted by atomic mass is 9.96. The minimum atomic E-state index is -0.837. The van der Waals surface area contributed by atoms with E-state index in [1.54, 1.807) is 0 Å². The van der Waals surface area contributed by atoms with Crippen molar-refractivity contribution < 1.29 is 24.2 Å². The number of nitrogens with zero attached hydrogens (tertiary/aromatic N) is 3. The van der Waals surface area contributed by atoms with Crippen LogP contribution < -0.4 is 4.74 Å². The van der Waals surface area contributed by atoms with E-state index in [4.69, 9.17) is 37.8 Å². The maximum absolute atomic E-state index is 12.6. The molecular weight excluding hydrogens is 684 g/mol. The van der Waals surface area contributed by atoms with E-state index in [-0.39, 0.29) is 37.3 Å². The van der Waals surface area contributed by atoms with E-state index in [0.717, 1.165) is 78.5 Å². The Bertz CT molecular complexity index is 1540. The summed E-state index contributed by atoms with van der Waals surface area (Å²) in [6, 6.07) is 14.1. The molecule has 2 heterocycles. The number of para-hydroxylation sites is 1. The molecule has 1 saturated heterocycles. The highest BCUT2D eigenvalue weighted by atomic mass is 35.5. The van der Waals surface area contributed by atoms with Crippen molar-refractivity contribution in [1.82, 2.24) is 14.8 Å². The van der Waals surface area contributed by atoms with Gasteiger partial charge < -0.3 is 19.5 Å². The van der Waals surface area contributed by atoms with Crippen LogP contribution in [0.25, 0.3) is 11.1 Å². The number of pyridine rings is 1. The van der Waals surface area contributed by atoms with Crippen LogP contribution in [0.3, 0.4) is 0 Å². The zero-order valence-corrected chi connectivity index (χ0v) is 29.3. The maximum atomic E-state index is 12.6. The number of carbonyl (C=O) groups is 2. The molecule has 0 bridgehead atoms. The van der Waals surface area contributed by atoms with Gasteiger partial charge in [-0.1, -0.05) is 41.4 Å². The lowest BCUT2D eigenvalue weighted by molar-refractivity contribution is -0.139. The fourth-order valence-electron chi connectivity index (χ4n) is 6.00. The Balaban J connectivity index is 0.00000250. The number of aryl methyl sites for hydroxylation is 1. The van der Waals surface area contributed by atoms with Crippen LogP contribution in [-0.2, 0) is 33.0 Å². The van der Waals surface area contributed by atoms with E-state index in [1.807, 2.05) is 58.6 Å². The summed E-state index contributed by atoms with van der Waals surface area (Å²) in [7, 11) is 0. The molecule has 1 aromatic heterocycles. The van der Waals surface area contributed by atoms with Crippen molar-refractivity contribution in [2.45, 2.75) is 69.7 Å². The van der Waals surface area contributed by atoms with E-state index in [9.17, 15) is 9.59 Å². The van der Waals surface area contributed by atoms with E-state index in [1.165, 1.54) is 0 Å². The molecule has 3 aliphatic rings. The first-order valence-electron chi connectivity index (χ1n) is 15.8. The molecule has 0 atom stereocenters. The van der Waals surface area contributed by atoms with Gasteiger partial charge in [0.15, 0.2) is 0 Å². The summed E-state index contributed by atoms with van der Waals surface area (Å²) in [5.41, 5.74) is 4.58. The van der Waals surface area contributed by atoms with Crippen molar-refractivity contribution in [3.8, 4) is 16.9 Å². The van der Waals surface area contributed by atoms with E-state index in [2.05, 4.69) is 11.1 Å². The molecule has 47 heavy (non-hydrogen) atoms. The predicted molar refractivity (Wildman–Crippen MR) is 188 cm³/mol. The smallest absolute Gasteiger partial charge is 0.317 e. The van der Waals surface area contributed by atoms with E-state index in [0.29, 0.717) is 55.4 Å². The van der Waals surface area contributed by atoms with Crippen molar-refractivity contribution in [1.29, 1.82) is 0 Å². The third kappa shape index (κ3) is 9.52. The van der Waals surface area contributed by atoms with E-state index >= 15 is 0 Å². The summed E-state index contributed by atoms with van der Waals surface area (Å²) in [5, 5.41) is 10.2. The Hall–Kier alpha value is -2.59. The number of amides is 1. The van der Waals surface area contributed by atoms with E-state index < -0.39 is 11.6 Å². The Kier molecular flexibility index (Phi) is 13.2. The van der Waals surface area contributed by atoms with Gasteiger partial charge in [0.05, 0.1) is 24.9 Å². The normalized spacial score (nSPS) is 16.9. The third-order valence-corrected chi connectivity index (χ3v) is 9.61. The molecule has 12 heteroatoms. The minimum Gasteiger partial charge on any atom is -0.490 e. The second-order valence-corrected chi connectivity index (χ2v) is 13.1. The summed E-state index contributed by atoms with van der Waals surface area (Å²) in [6.45, 7) is 2.69. The summed E-state index contributed by atoms with van der Waals surface area (Å²) in [5.74, 6) is 0.177. The molecule has 254 valence electrons. The molecule has 0 spiro atoms. The molecule has 3 aromatic rings. The molecule has 8 nitrogen and oxygen atoms in total. The lowest BCUT2D eigenvalue weighted by Crippen LogP contribution is -2.49. The fourth-order valence-corrected chi connectivity index (χ4v) is 6.52. The number of halogens is 4. The Morgan fingerprint density at radius 1 is 0.936 bits per heavy atom. The Labute approximate surface area is 298 Å². The third-order valence-electron chi connectivity index (χ3n) is 8.90. The second kappa shape index (κ2) is 16.7. The molecule has 0 radical (unpaired) electrons. The average molecular weight is 726 g/mol. The number of rotatable bonds is 14. The first kappa shape index (κ1) is 37.2. The molecule has 6 rings (SSSR count). The summed E-state index contributed by atoms with van der Waals surface area (Å²) in [6.07, 6.45) is 10.8. The van der Waals surface area contributed by atoms with Gasteiger partial charge in [0, 0.05) is 66.2 Å². The van der Waals surface area contributed by atoms with Crippen molar-refractivity contribution >= 4 is 59.9 Å². The highest BCUT2D eigenvalue weighted by Crippen LogP contribution is 2.53. The van der Waals surface area contributed by atoms with Crippen molar-refractivity contribution in [3.05, 3.63) is 81.6 Å². The number of carboxylic acid groups (broad SMARTS) is 1. The van der Waals surface area contributed by atoms with Crippen molar-refractivity contribution in [2.75, 3.05) is 32.7 Å². The number of benzene rings is 2. The van der Waals surface area contributed by atoms with Crippen LogP contribution in [0.2, 0.25) is 10.0 Å². The van der Waals surface area contributed by atoms with Gasteiger partial charge in [-0.2, -0.15) is 0 Å². The summed E-state index contributed by atoms with van der Waals surface area (Å²) >= 11 is 13.4. The minimum absolute atomic E-state index is 0. The molecule has 2 saturated carbocycles. The van der Waals surface area contributed by atoms with Gasteiger partial charge in [-0.3, -0.25) is 19.5 Å². The molecular formula is C35H41Cl4N3O5. The standard InChI is InChI=1S/C35H39Cl2N3O5.2ClH/c36-30-20-25(31(37)19-24(30)5-1-4-8-33(41)40-17-15-39(16-18-40)22-34(42)43)23-44-35(12-13-35)29-21-38-14-11-27(29)28-6-2-3-7-32(28)45-26-9-10-26;;/h2-3,6-7,11,14,19-21,26H,1,4-5,8-10,12-13,15-18,22-23H2,(H,42,43);2*1H. The zero-order chi connectivity index (χ0) is 31.4. The van der Waals surface area contributed by atoms with Crippen LogP contribution in [0.5, 0.6) is 5.75 Å². The van der Waals surface area contributed by atoms with Crippen LogP contribution in [0.4, 0.5) is 0 Å². The topological polar surface area (TPSA) is 92.2 Å². The van der Waals surface area contributed by atoms with Crippen LogP contribution in [0, 0.1) is 0 Å². The average Bonchev–Trinajstić information content (AvgIpc) is 3.98. The monoisotopic (exact) mass is 723 g/mol. The van der Waals surface area contributed by atoms with Gasteiger partial charge in [-0.25, -0.2) is 0 Å². The number of unbranched alkanes of at least 4 members (excludes halogenated alkanes) is 1. The molecule has 3 fully saturated rings. The molecule has 2 aliphatic carbocycles. The highest BCUT2D eigenvalue weighted by molar-refractivity contribution is 6.34. The lowest BCUT2D eigenvalue weighted by Gasteiger charge is -2.33. The van der Waals surface area contributed by atoms with Crippen molar-refractivity contribution in [2.24, 2.45) is 0 Å². The fraction of sp³-hybridized carbons (Fsp3) is 0.457. The number of hydrogen-bond acceptors (Lipinski definition) is 6. The van der Waals surface area contributed by atoms with Gasteiger partial charge in [0.25, 0.3) is 0 Å². The summed E-state index contributed by atoms with van der Waals surface area (Å²) < 4.78 is 12.8. The molecule has 2 aromatic carbocycles. The number of aromatic nitrogens is 1. The molecule has 1 amide bonds. The van der Waals surface area contributed by atoms with Gasteiger partial charge in [-0.15, -0.1) is 24.8 Å². The zero-order valence-electron chi connectivity index (χ0n) is 26.2. The van der Waals surface area contributed by atoms with Crippen LogP contribution in [-0.4, -0.2) is 70.6 Å². The number of hydrogen-bond donors (Lipinski definition) is 1.